The fourth-order valence-electron chi connectivity index (χ4n) is 6.24. The van der Waals surface area contributed by atoms with Crippen LogP contribution >= 0.6 is 0 Å². The molecule has 228 valence electrons. The Morgan fingerprint density at radius 2 is 1.22 bits per heavy atom. The SMILES string of the molecule is CC(C)c1cccc(C(C)C)c1-n1c(-c2[c-]cccc2)nc2c(-c3[c-]c(-c4[c-]ccc(-c5ccccc5)c4)ccc3)cccc21.[Au+3]. The molecule has 0 fully saturated rings. The van der Waals surface area contributed by atoms with E-state index in [0.29, 0.717) is 11.8 Å². The molecule has 6 aromatic carbocycles. The van der Waals surface area contributed by atoms with Crippen LogP contribution < -0.4 is 0 Å². The molecule has 7 aromatic rings. The van der Waals surface area contributed by atoms with E-state index in [1.807, 2.05) is 24.3 Å². The Bertz CT molecular complexity index is 2080. The zero-order chi connectivity index (χ0) is 30.9. The zero-order valence-electron chi connectivity index (χ0n) is 26.5. The van der Waals surface area contributed by atoms with Crippen LogP contribution in [0, 0.1) is 18.2 Å². The summed E-state index contributed by atoms with van der Waals surface area (Å²) in [7, 11) is 0. The molecule has 0 unspecified atom stereocenters. The van der Waals surface area contributed by atoms with Crippen LogP contribution in [0.3, 0.4) is 0 Å². The van der Waals surface area contributed by atoms with E-state index in [0.717, 1.165) is 50.2 Å². The van der Waals surface area contributed by atoms with E-state index >= 15 is 0 Å². The van der Waals surface area contributed by atoms with Crippen LogP contribution in [0.5, 0.6) is 0 Å². The molecule has 0 amide bonds. The molecule has 0 saturated heterocycles. The average molecular weight is 777 g/mol. The molecule has 0 atom stereocenters. The van der Waals surface area contributed by atoms with E-state index in [1.165, 1.54) is 22.4 Å². The minimum atomic E-state index is 0. The van der Waals surface area contributed by atoms with Crippen molar-refractivity contribution in [2.45, 2.75) is 39.5 Å². The predicted octanol–water partition coefficient (Wildman–Crippen LogP) is 11.3. The van der Waals surface area contributed by atoms with E-state index in [1.54, 1.807) is 0 Å². The van der Waals surface area contributed by atoms with Gasteiger partial charge in [0.25, 0.3) is 0 Å². The van der Waals surface area contributed by atoms with Crippen molar-refractivity contribution in [1.82, 2.24) is 9.55 Å². The standard InChI is InChI=1S/C43H35N2.Au/c1-29(2)37-23-13-24-38(30(3)4)42(37)45-40-26-14-25-39(41(40)44-43(45)32-17-9-6-10-18-32)36-22-12-21-35(28-36)34-20-11-19-33(27-34)31-15-7-5-8-16-31;/h5-17,19,21-27,29-30H,1-4H3;/q-3;+3. The van der Waals surface area contributed by atoms with Crippen molar-refractivity contribution in [3.8, 4) is 50.5 Å². The smallest absolute Gasteiger partial charge is 0.333 e. The van der Waals surface area contributed by atoms with Gasteiger partial charge in [0.1, 0.15) is 0 Å². The Morgan fingerprint density at radius 1 is 0.565 bits per heavy atom. The van der Waals surface area contributed by atoms with Gasteiger partial charge in [-0.1, -0.05) is 93.9 Å². The molecular formula is C43H35AuN2. The second kappa shape index (κ2) is 13.5. The van der Waals surface area contributed by atoms with Gasteiger partial charge in [0.2, 0.25) is 0 Å². The van der Waals surface area contributed by atoms with E-state index in [2.05, 4.69) is 154 Å². The Kier molecular flexibility index (Phi) is 9.24. The number of hydrogen-bond donors (Lipinski definition) is 0. The van der Waals surface area contributed by atoms with Gasteiger partial charge in [-0.25, -0.2) is 5.56 Å². The minimum absolute atomic E-state index is 0. The molecule has 0 aliphatic heterocycles. The summed E-state index contributed by atoms with van der Waals surface area (Å²) in [6, 6.07) is 55.1. The molecule has 0 N–H and O–H groups in total. The maximum absolute atomic E-state index is 5.40. The van der Waals surface area contributed by atoms with Crippen molar-refractivity contribution in [3.63, 3.8) is 0 Å². The van der Waals surface area contributed by atoms with E-state index in [4.69, 9.17) is 4.98 Å². The molecule has 1 heterocycles. The van der Waals surface area contributed by atoms with Crippen molar-refractivity contribution in [3.05, 3.63) is 157 Å². The summed E-state index contributed by atoms with van der Waals surface area (Å²) in [5.41, 5.74) is 13.3. The van der Waals surface area contributed by atoms with Crippen LogP contribution in [0.2, 0.25) is 0 Å². The van der Waals surface area contributed by atoms with Gasteiger partial charge in [0, 0.05) is 5.69 Å². The second-order valence-corrected chi connectivity index (χ2v) is 12.2. The number of benzene rings is 6. The van der Waals surface area contributed by atoms with Crippen LogP contribution in [0.25, 0.3) is 61.5 Å². The van der Waals surface area contributed by atoms with Gasteiger partial charge in [0.05, 0.1) is 16.9 Å². The van der Waals surface area contributed by atoms with Gasteiger partial charge in [-0.2, -0.15) is 35.9 Å². The molecule has 2 nitrogen and oxygen atoms in total. The van der Waals surface area contributed by atoms with Crippen LogP contribution in [-0.2, 0) is 22.4 Å². The van der Waals surface area contributed by atoms with Crippen molar-refractivity contribution in [2.24, 2.45) is 0 Å². The van der Waals surface area contributed by atoms with Gasteiger partial charge >= 0.3 is 22.4 Å². The Labute approximate surface area is 288 Å². The summed E-state index contributed by atoms with van der Waals surface area (Å²) < 4.78 is 2.37. The average Bonchev–Trinajstić information content (AvgIpc) is 3.48. The molecule has 0 saturated carbocycles. The quantitative estimate of drug-likeness (QED) is 0.116. The number of imidazole rings is 1. The summed E-state index contributed by atoms with van der Waals surface area (Å²) in [6.07, 6.45) is 0. The van der Waals surface area contributed by atoms with Crippen molar-refractivity contribution >= 4 is 11.0 Å². The molecule has 46 heavy (non-hydrogen) atoms. The van der Waals surface area contributed by atoms with Gasteiger partial charge in [0.15, 0.2) is 0 Å². The maximum Gasteiger partial charge on any atom is 3.00 e. The first-order chi connectivity index (χ1) is 22.0. The van der Waals surface area contributed by atoms with E-state index < -0.39 is 0 Å². The topological polar surface area (TPSA) is 17.8 Å². The Balaban J connectivity index is 0.00000372. The normalized spacial score (nSPS) is 11.3. The summed E-state index contributed by atoms with van der Waals surface area (Å²) in [4.78, 5) is 5.40. The number of hydrogen-bond acceptors (Lipinski definition) is 1. The van der Waals surface area contributed by atoms with Crippen molar-refractivity contribution in [2.75, 3.05) is 0 Å². The number of para-hydroxylation sites is 2. The first-order valence-corrected chi connectivity index (χ1v) is 15.7. The molecule has 3 heteroatoms. The fourth-order valence-corrected chi connectivity index (χ4v) is 6.24. The largest absolute Gasteiger partial charge is 3.00 e. The maximum atomic E-state index is 5.40. The third-order valence-electron chi connectivity index (χ3n) is 8.49. The van der Waals surface area contributed by atoms with E-state index in [-0.39, 0.29) is 22.4 Å². The van der Waals surface area contributed by atoms with Crippen LogP contribution in [0.1, 0.15) is 50.7 Å². The number of aromatic nitrogens is 2. The molecule has 0 bridgehead atoms. The van der Waals surface area contributed by atoms with Gasteiger partial charge in [-0.3, -0.25) is 4.98 Å². The number of nitrogens with zero attached hydrogens (tertiary/aromatic N) is 2. The summed E-state index contributed by atoms with van der Waals surface area (Å²) >= 11 is 0. The first-order valence-electron chi connectivity index (χ1n) is 15.7. The van der Waals surface area contributed by atoms with Crippen LogP contribution in [0.4, 0.5) is 0 Å². The van der Waals surface area contributed by atoms with Gasteiger partial charge in [-0.15, -0.1) is 65.2 Å². The van der Waals surface area contributed by atoms with Crippen molar-refractivity contribution in [1.29, 1.82) is 0 Å². The Morgan fingerprint density at radius 3 is 1.93 bits per heavy atom. The third-order valence-corrected chi connectivity index (χ3v) is 8.49. The van der Waals surface area contributed by atoms with Crippen LogP contribution in [0.15, 0.2) is 127 Å². The molecule has 7 rings (SSSR count). The summed E-state index contributed by atoms with van der Waals surface area (Å²) in [6.45, 7) is 9.08. The molecule has 0 radical (unpaired) electrons. The Hall–Kier alpha value is -4.47. The van der Waals surface area contributed by atoms with Gasteiger partial charge < -0.3 is 4.57 Å². The minimum Gasteiger partial charge on any atom is -0.333 e. The van der Waals surface area contributed by atoms with E-state index in [9.17, 15) is 0 Å². The van der Waals surface area contributed by atoms with Crippen molar-refractivity contribution < 1.29 is 22.4 Å². The molecule has 0 spiro atoms. The van der Waals surface area contributed by atoms with Gasteiger partial charge in [-0.05, 0) is 34.6 Å². The third kappa shape index (κ3) is 5.92. The predicted molar refractivity (Wildman–Crippen MR) is 187 cm³/mol. The monoisotopic (exact) mass is 776 g/mol. The molecule has 0 aliphatic carbocycles. The number of fused-ring (bicyclic) bond motifs is 1. The second-order valence-electron chi connectivity index (χ2n) is 12.2. The van der Waals surface area contributed by atoms with Crippen LogP contribution in [-0.4, -0.2) is 9.55 Å². The molecular weight excluding hydrogens is 741 g/mol. The number of rotatable bonds is 7. The first kappa shape index (κ1) is 31.5. The molecule has 1 aromatic heterocycles. The summed E-state index contributed by atoms with van der Waals surface area (Å²) in [5.74, 6) is 1.59. The molecule has 0 aliphatic rings. The fraction of sp³-hybridized carbons (Fsp3) is 0.140. The zero-order valence-corrected chi connectivity index (χ0v) is 28.6. The summed E-state index contributed by atoms with van der Waals surface area (Å²) in [5, 5.41) is 0.